The van der Waals surface area contributed by atoms with E-state index in [0.717, 1.165) is 37.1 Å². The number of carboxylic acid groups (broad SMARTS) is 1. The largest absolute Gasteiger partial charge is 0.478 e. The normalized spacial score (nSPS) is 14.6. The van der Waals surface area contributed by atoms with Gasteiger partial charge < -0.3 is 14.4 Å². The van der Waals surface area contributed by atoms with Crippen LogP contribution in [0.2, 0.25) is 5.02 Å². The van der Waals surface area contributed by atoms with E-state index in [4.69, 9.17) is 26.0 Å². The first-order valence-electron chi connectivity index (χ1n) is 9.58. The minimum atomic E-state index is -0.980. The van der Waals surface area contributed by atoms with Crippen LogP contribution in [0.5, 0.6) is 0 Å². The summed E-state index contributed by atoms with van der Waals surface area (Å²) in [6.45, 7) is 1.77. The van der Waals surface area contributed by atoms with Crippen LogP contribution in [0, 0.1) is 0 Å². The molecule has 0 radical (unpaired) electrons. The Hall–Kier alpha value is -3.12. The lowest BCUT2D eigenvalue weighted by Gasteiger charge is -2.28. The van der Waals surface area contributed by atoms with Crippen molar-refractivity contribution in [1.82, 2.24) is 9.97 Å². The minimum absolute atomic E-state index is 0.197. The van der Waals surface area contributed by atoms with Crippen LogP contribution in [-0.4, -0.2) is 34.1 Å². The molecule has 1 saturated heterocycles. The number of carbonyl (C=O) groups is 1. The second kappa shape index (κ2) is 7.04. The van der Waals surface area contributed by atoms with Crippen molar-refractivity contribution in [1.29, 1.82) is 0 Å². The lowest BCUT2D eigenvalue weighted by atomic mass is 10.1. The summed E-state index contributed by atoms with van der Waals surface area (Å²) in [5, 5.41) is 10.9. The fourth-order valence-corrected chi connectivity index (χ4v) is 3.95. The number of carboxylic acids is 1. The lowest BCUT2D eigenvalue weighted by molar-refractivity contribution is 0.0697. The van der Waals surface area contributed by atoms with E-state index in [0.29, 0.717) is 33.1 Å². The SMILES string of the molecule is O=C(O)c1ccc2nc(-c3cc4ccc(Cl)cc4o3)c(N3CCCCC3)nc2c1. The van der Waals surface area contributed by atoms with Gasteiger partial charge in [-0.25, -0.2) is 14.8 Å². The summed E-state index contributed by atoms with van der Waals surface area (Å²) >= 11 is 6.10. The summed E-state index contributed by atoms with van der Waals surface area (Å²) in [5.74, 6) is 0.371. The number of anilines is 1. The van der Waals surface area contributed by atoms with Gasteiger partial charge in [-0.1, -0.05) is 11.6 Å². The molecule has 1 aliphatic heterocycles. The number of aromatic carboxylic acids is 1. The predicted molar refractivity (Wildman–Crippen MR) is 113 cm³/mol. The Morgan fingerprint density at radius 3 is 2.62 bits per heavy atom. The highest BCUT2D eigenvalue weighted by atomic mass is 35.5. The van der Waals surface area contributed by atoms with Crippen molar-refractivity contribution in [2.45, 2.75) is 19.3 Å². The summed E-state index contributed by atoms with van der Waals surface area (Å²) in [4.78, 5) is 23.2. The quantitative estimate of drug-likeness (QED) is 0.490. The van der Waals surface area contributed by atoms with Crippen LogP contribution in [0.3, 0.4) is 0 Å². The van der Waals surface area contributed by atoms with E-state index in [1.165, 1.54) is 6.42 Å². The van der Waals surface area contributed by atoms with E-state index < -0.39 is 5.97 Å². The van der Waals surface area contributed by atoms with Crippen molar-refractivity contribution in [3.8, 4) is 11.5 Å². The molecule has 0 saturated carbocycles. The van der Waals surface area contributed by atoms with Crippen LogP contribution in [0.1, 0.15) is 29.6 Å². The third kappa shape index (κ3) is 3.29. The number of hydrogen-bond donors (Lipinski definition) is 1. The highest BCUT2D eigenvalue weighted by Gasteiger charge is 2.22. The highest BCUT2D eigenvalue weighted by Crippen LogP contribution is 2.35. The zero-order valence-corrected chi connectivity index (χ0v) is 16.3. The molecule has 0 unspecified atom stereocenters. The van der Waals surface area contributed by atoms with Gasteiger partial charge in [0.2, 0.25) is 0 Å². The number of rotatable bonds is 3. The van der Waals surface area contributed by atoms with Crippen molar-refractivity contribution in [3.63, 3.8) is 0 Å². The minimum Gasteiger partial charge on any atom is -0.478 e. The van der Waals surface area contributed by atoms with Crippen LogP contribution in [0.15, 0.2) is 46.9 Å². The Morgan fingerprint density at radius 1 is 1.00 bits per heavy atom. The summed E-state index contributed by atoms with van der Waals surface area (Å²) < 4.78 is 6.07. The lowest BCUT2D eigenvalue weighted by Crippen LogP contribution is -2.30. The number of hydrogen-bond acceptors (Lipinski definition) is 5. The Balaban J connectivity index is 1.72. The number of aromatic nitrogens is 2. The molecule has 1 N–H and O–H groups in total. The average molecular weight is 408 g/mol. The Kier molecular flexibility index (Phi) is 4.36. The number of benzene rings is 2. The molecule has 0 spiro atoms. The second-order valence-corrected chi connectivity index (χ2v) is 7.68. The van der Waals surface area contributed by atoms with Crippen molar-refractivity contribution >= 4 is 45.4 Å². The van der Waals surface area contributed by atoms with Crippen LogP contribution in [0.4, 0.5) is 5.82 Å². The maximum atomic E-state index is 11.4. The summed E-state index contributed by atoms with van der Waals surface area (Å²) in [7, 11) is 0. The highest BCUT2D eigenvalue weighted by molar-refractivity contribution is 6.31. The van der Waals surface area contributed by atoms with E-state index in [1.807, 2.05) is 18.2 Å². The van der Waals surface area contributed by atoms with Gasteiger partial charge in [0.25, 0.3) is 0 Å². The molecule has 0 bridgehead atoms. The van der Waals surface area contributed by atoms with Gasteiger partial charge in [0, 0.05) is 29.6 Å². The van der Waals surface area contributed by atoms with E-state index in [9.17, 15) is 9.90 Å². The van der Waals surface area contributed by atoms with Gasteiger partial charge >= 0.3 is 5.97 Å². The number of nitrogens with zero attached hydrogens (tertiary/aromatic N) is 3. The van der Waals surface area contributed by atoms with E-state index in [-0.39, 0.29) is 5.56 Å². The molecule has 0 atom stereocenters. The molecule has 0 amide bonds. The molecule has 3 heterocycles. The molecule has 1 fully saturated rings. The van der Waals surface area contributed by atoms with Gasteiger partial charge in [-0.15, -0.1) is 0 Å². The van der Waals surface area contributed by atoms with Crippen molar-refractivity contribution in [3.05, 3.63) is 53.1 Å². The van der Waals surface area contributed by atoms with Gasteiger partial charge in [0.1, 0.15) is 11.3 Å². The van der Waals surface area contributed by atoms with Crippen LogP contribution >= 0.6 is 11.6 Å². The molecule has 146 valence electrons. The zero-order chi connectivity index (χ0) is 20.0. The Morgan fingerprint density at radius 2 is 1.83 bits per heavy atom. The van der Waals surface area contributed by atoms with E-state index in [2.05, 4.69) is 4.90 Å². The standard InChI is InChI=1S/C22H18ClN3O3/c23-15-6-4-13-11-19(29-18(13)12-15)20-21(26-8-2-1-3-9-26)25-17-10-14(22(27)28)5-7-16(17)24-20/h4-7,10-12H,1-3,8-9H2,(H,27,28). The molecule has 5 rings (SSSR count). The Bertz CT molecular complexity index is 1250. The molecule has 1 aliphatic rings. The average Bonchev–Trinajstić information content (AvgIpc) is 3.16. The number of halogens is 1. The van der Waals surface area contributed by atoms with Gasteiger partial charge in [0.05, 0.1) is 16.6 Å². The molecule has 29 heavy (non-hydrogen) atoms. The van der Waals surface area contributed by atoms with Crippen molar-refractivity contribution in [2.75, 3.05) is 18.0 Å². The first-order valence-corrected chi connectivity index (χ1v) is 9.96. The van der Waals surface area contributed by atoms with Crippen LogP contribution in [0.25, 0.3) is 33.5 Å². The molecule has 0 aliphatic carbocycles. The van der Waals surface area contributed by atoms with E-state index >= 15 is 0 Å². The third-order valence-corrected chi connectivity index (χ3v) is 5.50. The van der Waals surface area contributed by atoms with Crippen molar-refractivity contribution in [2.24, 2.45) is 0 Å². The van der Waals surface area contributed by atoms with Gasteiger partial charge in [0.15, 0.2) is 11.6 Å². The molecule has 7 heteroatoms. The van der Waals surface area contributed by atoms with Gasteiger partial charge in [-0.05, 0) is 55.7 Å². The molecular weight excluding hydrogens is 390 g/mol. The van der Waals surface area contributed by atoms with Crippen LogP contribution in [-0.2, 0) is 0 Å². The first-order chi connectivity index (χ1) is 14.1. The number of piperidine rings is 1. The fraction of sp³-hybridized carbons (Fsp3) is 0.227. The van der Waals surface area contributed by atoms with Crippen molar-refractivity contribution < 1.29 is 14.3 Å². The first kappa shape index (κ1) is 17.9. The Labute approximate surface area is 171 Å². The monoisotopic (exact) mass is 407 g/mol. The summed E-state index contributed by atoms with van der Waals surface area (Å²) in [5.41, 5.74) is 2.75. The molecule has 4 aromatic rings. The maximum absolute atomic E-state index is 11.4. The molecule has 2 aromatic heterocycles. The number of fused-ring (bicyclic) bond motifs is 2. The summed E-state index contributed by atoms with van der Waals surface area (Å²) in [6.07, 6.45) is 3.37. The molecule has 2 aromatic carbocycles. The predicted octanol–water partition coefficient (Wildman–Crippen LogP) is 5.38. The maximum Gasteiger partial charge on any atom is 0.335 e. The number of furan rings is 1. The van der Waals surface area contributed by atoms with Gasteiger partial charge in [-0.3, -0.25) is 0 Å². The fourth-order valence-electron chi connectivity index (χ4n) is 3.79. The third-order valence-electron chi connectivity index (χ3n) is 5.26. The van der Waals surface area contributed by atoms with Gasteiger partial charge in [-0.2, -0.15) is 0 Å². The molecule has 6 nitrogen and oxygen atoms in total. The topological polar surface area (TPSA) is 79.5 Å². The summed E-state index contributed by atoms with van der Waals surface area (Å²) in [6, 6.07) is 12.3. The second-order valence-electron chi connectivity index (χ2n) is 7.24. The molecular formula is C22H18ClN3O3. The van der Waals surface area contributed by atoms with Crippen LogP contribution < -0.4 is 4.90 Å². The zero-order valence-electron chi connectivity index (χ0n) is 15.6. The van der Waals surface area contributed by atoms with E-state index in [1.54, 1.807) is 24.3 Å². The smallest absolute Gasteiger partial charge is 0.335 e.